The van der Waals surface area contributed by atoms with Gasteiger partial charge in [-0.1, -0.05) is 46.3 Å². The Morgan fingerprint density at radius 2 is 1.75 bits per heavy atom. The molecule has 3 aliphatic rings. The van der Waals surface area contributed by atoms with Gasteiger partial charge < -0.3 is 4.90 Å². The predicted octanol–water partition coefficient (Wildman–Crippen LogP) is 3.55. The highest BCUT2D eigenvalue weighted by atomic mass is 79.9. The average Bonchev–Trinajstić information content (AvgIpc) is 3.15. The molecule has 5 nitrogen and oxygen atoms in total. The second kappa shape index (κ2) is 6.14. The van der Waals surface area contributed by atoms with Crippen LogP contribution in [-0.4, -0.2) is 28.5 Å². The average molecular weight is 437 g/mol. The van der Waals surface area contributed by atoms with Gasteiger partial charge in [-0.05, 0) is 42.3 Å². The van der Waals surface area contributed by atoms with Crippen molar-refractivity contribution in [2.24, 2.45) is 11.8 Å². The van der Waals surface area contributed by atoms with E-state index in [-0.39, 0.29) is 23.6 Å². The molecule has 2 saturated heterocycles. The van der Waals surface area contributed by atoms with Gasteiger partial charge in [0.1, 0.15) is 0 Å². The third-order valence-corrected chi connectivity index (χ3v) is 6.44. The smallest absolute Gasteiger partial charge is 0.240 e. The molecule has 2 aromatic carbocycles. The van der Waals surface area contributed by atoms with Crippen molar-refractivity contribution in [2.75, 3.05) is 4.90 Å². The van der Waals surface area contributed by atoms with Crippen LogP contribution in [0.5, 0.6) is 0 Å². The highest BCUT2D eigenvalue weighted by molar-refractivity contribution is 9.10. The Hall–Kier alpha value is -2.73. The van der Waals surface area contributed by atoms with Crippen molar-refractivity contribution in [1.82, 2.24) is 4.90 Å². The van der Waals surface area contributed by atoms with Crippen LogP contribution < -0.4 is 4.90 Å². The molecular formula is C22H17BrN2O3. The third kappa shape index (κ3) is 2.27. The molecule has 0 N–H and O–H groups in total. The minimum atomic E-state index is -0.676. The van der Waals surface area contributed by atoms with E-state index in [9.17, 15) is 14.4 Å². The highest BCUT2D eigenvalue weighted by Gasteiger charge is 2.63. The summed E-state index contributed by atoms with van der Waals surface area (Å²) >= 11 is 3.40. The molecular weight excluding hydrogens is 420 g/mol. The van der Waals surface area contributed by atoms with Gasteiger partial charge in [-0.15, -0.1) is 0 Å². The van der Waals surface area contributed by atoms with Crippen LogP contribution in [0.4, 0.5) is 5.69 Å². The first-order chi connectivity index (χ1) is 13.5. The Kier molecular flexibility index (Phi) is 3.81. The summed E-state index contributed by atoms with van der Waals surface area (Å²) in [6.07, 6.45) is 3.81. The number of hydrogen-bond acceptors (Lipinski definition) is 4. The topological polar surface area (TPSA) is 57.7 Å². The van der Waals surface area contributed by atoms with Gasteiger partial charge in [-0.3, -0.25) is 14.4 Å². The van der Waals surface area contributed by atoms with Gasteiger partial charge in [0, 0.05) is 10.7 Å². The van der Waals surface area contributed by atoms with Crippen molar-refractivity contribution in [3.8, 4) is 0 Å². The second-order valence-electron chi connectivity index (χ2n) is 7.44. The maximum atomic E-state index is 13.5. The van der Waals surface area contributed by atoms with E-state index in [2.05, 4.69) is 15.9 Å². The normalized spacial score (nSPS) is 27.6. The Labute approximate surface area is 170 Å². The zero-order valence-electron chi connectivity index (χ0n) is 15.1. The molecule has 140 valence electrons. The van der Waals surface area contributed by atoms with Crippen LogP contribution in [0.15, 0.2) is 59.2 Å². The van der Waals surface area contributed by atoms with E-state index in [1.54, 1.807) is 18.2 Å². The van der Waals surface area contributed by atoms with Crippen molar-refractivity contribution >= 4 is 45.3 Å². The fourth-order valence-electron chi connectivity index (χ4n) is 4.89. The van der Waals surface area contributed by atoms with Gasteiger partial charge in [0.2, 0.25) is 11.8 Å². The summed E-state index contributed by atoms with van der Waals surface area (Å²) in [6.45, 7) is 1.50. The lowest BCUT2D eigenvalue weighted by Gasteiger charge is -2.34. The minimum absolute atomic E-state index is 0.0984. The first-order valence-corrected chi connectivity index (χ1v) is 9.97. The van der Waals surface area contributed by atoms with E-state index in [0.717, 1.165) is 15.6 Å². The highest BCUT2D eigenvalue weighted by Crippen LogP contribution is 2.53. The molecule has 6 heteroatoms. The first kappa shape index (κ1) is 17.4. The summed E-state index contributed by atoms with van der Waals surface area (Å²) < 4.78 is 0.790. The standard InChI is InChI=1S/C22H17BrN2O3/c1-12(26)19-17-18(20-16-8-3-2-5-13(16)9-10-24(19)20)22(28)25(21(17)27)15-7-4-6-14(23)11-15/h2-11,17-20H,1H3/t17-,18+,19-,20-/m1/s1. The summed E-state index contributed by atoms with van der Waals surface area (Å²) in [6, 6.07) is 14.1. The van der Waals surface area contributed by atoms with Gasteiger partial charge in [0.15, 0.2) is 5.78 Å². The third-order valence-electron chi connectivity index (χ3n) is 5.94. The number of nitrogens with zero attached hydrogens (tertiary/aromatic N) is 2. The summed E-state index contributed by atoms with van der Waals surface area (Å²) in [5, 5.41) is 0. The number of rotatable bonds is 2. The molecule has 3 aliphatic heterocycles. The number of imide groups is 1. The lowest BCUT2D eigenvalue weighted by Crippen LogP contribution is -2.43. The number of halogens is 1. The van der Waals surface area contributed by atoms with Gasteiger partial charge >= 0.3 is 0 Å². The van der Waals surface area contributed by atoms with E-state index < -0.39 is 17.9 Å². The van der Waals surface area contributed by atoms with E-state index >= 15 is 0 Å². The quantitative estimate of drug-likeness (QED) is 0.675. The van der Waals surface area contributed by atoms with Crippen LogP contribution in [0, 0.1) is 11.8 Å². The van der Waals surface area contributed by atoms with Gasteiger partial charge in [-0.2, -0.15) is 0 Å². The van der Waals surface area contributed by atoms with Gasteiger partial charge in [0.05, 0.1) is 29.6 Å². The molecule has 4 atom stereocenters. The predicted molar refractivity (Wildman–Crippen MR) is 108 cm³/mol. The second-order valence-corrected chi connectivity index (χ2v) is 8.35. The van der Waals surface area contributed by atoms with Crippen LogP contribution in [0.2, 0.25) is 0 Å². The van der Waals surface area contributed by atoms with Crippen molar-refractivity contribution in [1.29, 1.82) is 0 Å². The summed E-state index contributed by atoms with van der Waals surface area (Å²) in [5.41, 5.74) is 2.54. The number of carbonyl (C=O) groups excluding carboxylic acids is 3. The van der Waals surface area contributed by atoms with E-state index in [1.807, 2.05) is 47.5 Å². The molecule has 0 radical (unpaired) electrons. The zero-order valence-corrected chi connectivity index (χ0v) is 16.7. The molecule has 2 aromatic rings. The van der Waals surface area contributed by atoms with Crippen molar-refractivity contribution in [3.63, 3.8) is 0 Å². The number of Topliss-reactive ketones (excluding diaryl/α,β-unsaturated/α-hetero) is 1. The molecule has 2 fully saturated rings. The molecule has 0 aromatic heterocycles. The van der Waals surface area contributed by atoms with Crippen LogP contribution in [-0.2, 0) is 14.4 Å². The number of benzene rings is 2. The van der Waals surface area contributed by atoms with E-state index in [1.165, 1.54) is 11.8 Å². The molecule has 0 aliphatic carbocycles. The molecule has 3 heterocycles. The maximum Gasteiger partial charge on any atom is 0.240 e. The largest absolute Gasteiger partial charge is 0.359 e. The van der Waals surface area contributed by atoms with E-state index in [0.29, 0.717) is 5.69 Å². The van der Waals surface area contributed by atoms with E-state index in [4.69, 9.17) is 0 Å². The molecule has 0 saturated carbocycles. The first-order valence-electron chi connectivity index (χ1n) is 9.17. The number of hydrogen-bond donors (Lipinski definition) is 0. The lowest BCUT2D eigenvalue weighted by atomic mass is 9.84. The lowest BCUT2D eigenvalue weighted by molar-refractivity contribution is -0.129. The van der Waals surface area contributed by atoms with Gasteiger partial charge in [-0.25, -0.2) is 4.90 Å². The Morgan fingerprint density at radius 3 is 2.50 bits per heavy atom. The number of amides is 2. The van der Waals surface area contributed by atoms with Crippen LogP contribution in [0.3, 0.4) is 0 Å². The molecule has 2 amide bonds. The SMILES string of the molecule is CC(=O)[C@@H]1[C@@H]2C(=O)N(c3cccc(Br)c3)C(=O)[C@@H]2[C@H]2c3ccccc3C=CN12. The minimum Gasteiger partial charge on any atom is -0.359 e. The van der Waals surface area contributed by atoms with Gasteiger partial charge in [0.25, 0.3) is 0 Å². The molecule has 5 rings (SSSR count). The maximum absolute atomic E-state index is 13.5. The summed E-state index contributed by atoms with van der Waals surface area (Å²) in [4.78, 5) is 42.5. The van der Waals surface area contributed by atoms with Crippen molar-refractivity contribution in [2.45, 2.75) is 19.0 Å². The summed E-state index contributed by atoms with van der Waals surface area (Å²) in [7, 11) is 0. The molecule has 0 bridgehead atoms. The van der Waals surface area contributed by atoms with Crippen molar-refractivity contribution in [3.05, 3.63) is 70.3 Å². The number of fused-ring (bicyclic) bond motifs is 5. The summed E-state index contributed by atoms with van der Waals surface area (Å²) in [5.74, 6) is -1.89. The number of carbonyl (C=O) groups is 3. The monoisotopic (exact) mass is 436 g/mol. The van der Waals surface area contributed by atoms with Crippen LogP contribution >= 0.6 is 15.9 Å². The Balaban J connectivity index is 1.66. The fraction of sp³-hybridized carbons (Fsp3) is 0.227. The van der Waals surface area contributed by atoms with Crippen LogP contribution in [0.1, 0.15) is 24.1 Å². The Bertz CT molecular complexity index is 1060. The molecule has 0 spiro atoms. The Morgan fingerprint density at radius 1 is 1.00 bits per heavy atom. The number of anilines is 1. The molecule has 28 heavy (non-hydrogen) atoms. The number of ketones is 1. The molecule has 0 unspecified atom stereocenters. The fourth-order valence-corrected chi connectivity index (χ4v) is 5.28. The van der Waals surface area contributed by atoms with Crippen molar-refractivity contribution < 1.29 is 14.4 Å². The van der Waals surface area contributed by atoms with Crippen LogP contribution in [0.25, 0.3) is 6.08 Å². The zero-order chi connectivity index (χ0) is 19.6.